The number of likely N-dealkylation sites (N-methyl/N-ethyl adjacent to an activating group) is 1. The largest absolute Gasteiger partial charge is 0.420 e. The maximum Gasteiger partial charge on any atom is 0.420 e. The number of aliphatic hydroxyl groups is 1. The van der Waals surface area contributed by atoms with Crippen molar-refractivity contribution in [3.8, 4) is 0 Å². The molecular weight excluding hydrogens is 309 g/mol. The number of amides is 1. The number of hydrogen-bond acceptors (Lipinski definition) is 3. The average molecular weight is 327 g/mol. The smallest absolute Gasteiger partial charge is 0.378 e. The predicted octanol–water partition coefficient (Wildman–Crippen LogP) is 1.82. The van der Waals surface area contributed by atoms with Crippen LogP contribution in [0.4, 0.5) is 13.2 Å². The highest BCUT2D eigenvalue weighted by Gasteiger charge is 2.54. The molecule has 0 saturated carbocycles. The summed E-state index contributed by atoms with van der Waals surface area (Å²) in [6, 6.07) is 7.92. The number of benzene rings is 1. The lowest BCUT2D eigenvalue weighted by Crippen LogP contribution is -2.59. The molecule has 0 saturated heterocycles. The molecule has 1 aromatic carbocycles. The molecule has 1 atom stereocenters. The Morgan fingerprint density at radius 2 is 1.81 bits per heavy atom. The Morgan fingerprint density at radius 1 is 1.29 bits per heavy atom. The molecule has 0 spiro atoms. The van der Waals surface area contributed by atoms with E-state index in [1.165, 1.54) is 19.1 Å². The van der Waals surface area contributed by atoms with Gasteiger partial charge in [0.05, 0.1) is 6.54 Å². The first-order valence-corrected chi connectivity index (χ1v) is 6.08. The van der Waals surface area contributed by atoms with Gasteiger partial charge in [-0.1, -0.05) is 18.2 Å². The van der Waals surface area contributed by atoms with Crippen LogP contribution in [0.3, 0.4) is 0 Å². The first-order chi connectivity index (χ1) is 9.25. The number of alkyl halides is 3. The minimum atomic E-state index is -4.90. The second-order valence-corrected chi connectivity index (χ2v) is 4.42. The van der Waals surface area contributed by atoms with Crippen molar-refractivity contribution in [3.63, 3.8) is 0 Å². The number of carbonyl (C=O) groups excluding carboxylic acids is 1. The number of nitrogens with two attached hydrogens (primary N) is 1. The maximum atomic E-state index is 12.8. The van der Waals surface area contributed by atoms with Crippen LogP contribution in [0.5, 0.6) is 0 Å². The highest BCUT2D eigenvalue weighted by atomic mass is 35.5. The van der Waals surface area contributed by atoms with Crippen LogP contribution in [0, 0.1) is 0 Å². The second-order valence-electron chi connectivity index (χ2n) is 4.42. The molecule has 1 rings (SSSR count). The van der Waals surface area contributed by atoms with E-state index in [0.717, 1.165) is 4.90 Å². The van der Waals surface area contributed by atoms with Gasteiger partial charge in [-0.05, 0) is 19.1 Å². The summed E-state index contributed by atoms with van der Waals surface area (Å²) in [6.07, 6.45) is -4.90. The van der Waals surface area contributed by atoms with E-state index >= 15 is 0 Å². The third-order valence-corrected chi connectivity index (χ3v) is 3.01. The lowest BCUT2D eigenvalue weighted by Gasteiger charge is -2.34. The van der Waals surface area contributed by atoms with Crippen LogP contribution in [0.2, 0.25) is 0 Å². The molecule has 1 amide bonds. The zero-order chi connectivity index (χ0) is 15.4. The normalized spacial score (nSPS) is 14.0. The molecular formula is C13H18ClF3N2O2. The van der Waals surface area contributed by atoms with E-state index in [-0.39, 0.29) is 24.5 Å². The average Bonchev–Trinajstić information content (AvgIpc) is 2.43. The van der Waals surface area contributed by atoms with Crippen LogP contribution in [-0.2, 0) is 0 Å². The number of carbonyl (C=O) groups is 1. The fraction of sp³-hybridized carbons (Fsp3) is 0.462. The zero-order valence-corrected chi connectivity index (χ0v) is 12.2. The van der Waals surface area contributed by atoms with Crippen LogP contribution in [0.25, 0.3) is 0 Å². The SMILES string of the molecule is CCN(CC(O)(CN)C(F)(F)F)C(=O)c1ccccc1.Cl. The maximum absolute atomic E-state index is 12.8. The summed E-state index contributed by atoms with van der Waals surface area (Å²) in [5.41, 5.74) is 2.18. The summed E-state index contributed by atoms with van der Waals surface area (Å²) in [7, 11) is 0. The van der Waals surface area contributed by atoms with Gasteiger partial charge in [-0.15, -0.1) is 12.4 Å². The Labute approximate surface area is 127 Å². The van der Waals surface area contributed by atoms with Crippen LogP contribution in [0.1, 0.15) is 17.3 Å². The highest BCUT2D eigenvalue weighted by molar-refractivity contribution is 5.94. The third-order valence-electron chi connectivity index (χ3n) is 3.01. The molecule has 0 bridgehead atoms. The van der Waals surface area contributed by atoms with Crippen molar-refractivity contribution in [3.05, 3.63) is 35.9 Å². The molecule has 0 aromatic heterocycles. The van der Waals surface area contributed by atoms with Gasteiger partial charge in [0.2, 0.25) is 0 Å². The molecule has 1 unspecified atom stereocenters. The van der Waals surface area contributed by atoms with E-state index in [2.05, 4.69) is 0 Å². The molecule has 0 aliphatic heterocycles. The summed E-state index contributed by atoms with van der Waals surface area (Å²) >= 11 is 0. The summed E-state index contributed by atoms with van der Waals surface area (Å²) < 4.78 is 38.4. The van der Waals surface area contributed by atoms with Gasteiger partial charge in [0, 0.05) is 18.7 Å². The van der Waals surface area contributed by atoms with Crippen LogP contribution in [0.15, 0.2) is 30.3 Å². The van der Waals surface area contributed by atoms with E-state index in [1.54, 1.807) is 18.2 Å². The van der Waals surface area contributed by atoms with Crippen LogP contribution >= 0.6 is 12.4 Å². The Morgan fingerprint density at radius 3 is 2.19 bits per heavy atom. The van der Waals surface area contributed by atoms with E-state index in [1.807, 2.05) is 0 Å². The molecule has 0 heterocycles. The van der Waals surface area contributed by atoms with Gasteiger partial charge in [-0.2, -0.15) is 13.2 Å². The van der Waals surface area contributed by atoms with Gasteiger partial charge in [0.1, 0.15) is 0 Å². The molecule has 1 aromatic rings. The van der Waals surface area contributed by atoms with Gasteiger partial charge in [-0.25, -0.2) is 0 Å². The van der Waals surface area contributed by atoms with E-state index in [9.17, 15) is 23.1 Å². The lowest BCUT2D eigenvalue weighted by atomic mass is 10.0. The fourth-order valence-electron chi connectivity index (χ4n) is 1.68. The van der Waals surface area contributed by atoms with Crippen molar-refractivity contribution in [2.45, 2.75) is 18.7 Å². The third kappa shape index (κ3) is 4.59. The first kappa shape index (κ1) is 19.7. The molecule has 8 heteroatoms. The summed E-state index contributed by atoms with van der Waals surface area (Å²) in [4.78, 5) is 13.0. The van der Waals surface area contributed by atoms with E-state index < -0.39 is 30.8 Å². The molecule has 0 aliphatic rings. The standard InChI is InChI=1S/C13H17F3N2O2.ClH/c1-2-18(9-12(20,8-17)13(14,15)16)11(19)10-6-4-3-5-7-10;/h3-7,20H,2,8-9,17H2,1H3;1H. The van der Waals surface area contributed by atoms with Crippen molar-refractivity contribution >= 4 is 18.3 Å². The molecule has 0 radical (unpaired) electrons. The van der Waals surface area contributed by atoms with Gasteiger partial charge in [0.15, 0.2) is 5.60 Å². The molecule has 0 aliphatic carbocycles. The second kappa shape index (κ2) is 7.63. The number of hydrogen-bond donors (Lipinski definition) is 2. The van der Waals surface area contributed by atoms with Crippen molar-refractivity contribution < 1.29 is 23.1 Å². The van der Waals surface area contributed by atoms with Crippen molar-refractivity contribution in [1.82, 2.24) is 4.90 Å². The van der Waals surface area contributed by atoms with Crippen molar-refractivity contribution in [2.24, 2.45) is 5.73 Å². The zero-order valence-electron chi connectivity index (χ0n) is 11.4. The number of nitrogens with zero attached hydrogens (tertiary/aromatic N) is 1. The molecule has 0 fully saturated rings. The fourth-order valence-corrected chi connectivity index (χ4v) is 1.68. The quantitative estimate of drug-likeness (QED) is 0.867. The van der Waals surface area contributed by atoms with Gasteiger partial charge in [-0.3, -0.25) is 4.79 Å². The Balaban J connectivity index is 0.00000400. The Kier molecular flexibility index (Phi) is 7.15. The van der Waals surface area contributed by atoms with Crippen LogP contribution < -0.4 is 5.73 Å². The molecule has 4 nitrogen and oxygen atoms in total. The minimum absolute atomic E-state index is 0. The summed E-state index contributed by atoms with van der Waals surface area (Å²) in [5.74, 6) is -0.579. The number of rotatable bonds is 5. The minimum Gasteiger partial charge on any atom is -0.378 e. The molecule has 21 heavy (non-hydrogen) atoms. The van der Waals surface area contributed by atoms with Gasteiger partial charge >= 0.3 is 6.18 Å². The first-order valence-electron chi connectivity index (χ1n) is 6.08. The van der Waals surface area contributed by atoms with Crippen LogP contribution in [-0.4, -0.2) is 47.3 Å². The van der Waals surface area contributed by atoms with E-state index in [4.69, 9.17) is 5.73 Å². The van der Waals surface area contributed by atoms with Gasteiger partial charge in [0.25, 0.3) is 5.91 Å². The lowest BCUT2D eigenvalue weighted by molar-refractivity contribution is -0.258. The van der Waals surface area contributed by atoms with Gasteiger partial charge < -0.3 is 15.7 Å². The number of halogens is 4. The van der Waals surface area contributed by atoms with Crippen molar-refractivity contribution in [2.75, 3.05) is 19.6 Å². The predicted molar refractivity (Wildman–Crippen MR) is 75.3 cm³/mol. The molecule has 3 N–H and O–H groups in total. The molecule has 120 valence electrons. The summed E-state index contributed by atoms with van der Waals surface area (Å²) in [5, 5.41) is 9.61. The Hall–Kier alpha value is -1.31. The monoisotopic (exact) mass is 326 g/mol. The highest BCUT2D eigenvalue weighted by Crippen LogP contribution is 2.30. The van der Waals surface area contributed by atoms with Crippen molar-refractivity contribution in [1.29, 1.82) is 0 Å². The topological polar surface area (TPSA) is 66.6 Å². The van der Waals surface area contributed by atoms with E-state index in [0.29, 0.717) is 0 Å². The Bertz CT molecular complexity index is 456. The summed E-state index contributed by atoms with van der Waals surface area (Å²) in [6.45, 7) is -0.327.